The van der Waals surface area contributed by atoms with Crippen LogP contribution in [0.4, 0.5) is 0 Å². The summed E-state index contributed by atoms with van der Waals surface area (Å²) < 4.78 is 1.39. The summed E-state index contributed by atoms with van der Waals surface area (Å²) >= 11 is 5.44. The molecule has 0 amide bonds. The monoisotopic (exact) mass is 286 g/mol. The van der Waals surface area contributed by atoms with Crippen molar-refractivity contribution in [1.29, 1.82) is 0 Å². The smallest absolute Gasteiger partial charge is 0.328 e. The van der Waals surface area contributed by atoms with Gasteiger partial charge in [0.1, 0.15) is 0 Å². The molecule has 19 heavy (non-hydrogen) atoms. The predicted molar refractivity (Wildman–Crippen MR) is 71.0 cm³/mol. The van der Waals surface area contributed by atoms with Gasteiger partial charge in [0.2, 0.25) is 0 Å². The largest absolute Gasteiger partial charge is 0.396 e. The maximum atomic E-state index is 11.8. The Bertz CT molecular complexity index is 592. The van der Waals surface area contributed by atoms with E-state index in [1.54, 1.807) is 0 Å². The summed E-state index contributed by atoms with van der Waals surface area (Å²) in [5, 5.41) is 18.4. The van der Waals surface area contributed by atoms with E-state index in [0.29, 0.717) is 6.42 Å². The molecule has 1 unspecified atom stereocenters. The molecule has 2 rings (SSSR count). The van der Waals surface area contributed by atoms with Crippen molar-refractivity contribution in [3.05, 3.63) is 38.1 Å². The number of H-pyrrole nitrogens is 1. The van der Waals surface area contributed by atoms with E-state index >= 15 is 0 Å². The molecule has 3 N–H and O–H groups in total. The molecule has 0 spiro atoms. The van der Waals surface area contributed by atoms with Gasteiger partial charge in [0.05, 0.1) is 5.56 Å². The van der Waals surface area contributed by atoms with Gasteiger partial charge in [0, 0.05) is 36.9 Å². The first-order valence-corrected chi connectivity index (χ1v) is 6.40. The second-order valence-corrected chi connectivity index (χ2v) is 4.89. The number of aliphatic hydroxyl groups is 2. The van der Waals surface area contributed by atoms with Crippen LogP contribution >= 0.6 is 11.6 Å². The third-order valence-electron chi connectivity index (χ3n) is 3.68. The summed E-state index contributed by atoms with van der Waals surface area (Å²) in [5.74, 6) is -0.192. The summed E-state index contributed by atoms with van der Waals surface area (Å²) in [6.45, 7) is -0.129. The summed E-state index contributed by atoms with van der Waals surface area (Å²) in [4.78, 5) is 25.5. The van der Waals surface area contributed by atoms with Gasteiger partial charge in [-0.1, -0.05) is 11.6 Å². The number of aromatic nitrogens is 2. The number of hydrogen-bond donors (Lipinski definition) is 3. The third-order valence-corrected chi connectivity index (χ3v) is 3.81. The van der Waals surface area contributed by atoms with E-state index in [1.807, 2.05) is 0 Å². The molecule has 1 fully saturated rings. The lowest BCUT2D eigenvalue weighted by Gasteiger charge is -2.43. The first-order chi connectivity index (χ1) is 9.12. The van der Waals surface area contributed by atoms with Gasteiger partial charge in [-0.3, -0.25) is 14.3 Å². The highest BCUT2D eigenvalue weighted by molar-refractivity contribution is 6.27. The number of nitrogens with zero attached hydrogens (tertiary/aromatic N) is 1. The van der Waals surface area contributed by atoms with Crippen molar-refractivity contribution in [1.82, 2.24) is 9.55 Å². The van der Waals surface area contributed by atoms with Gasteiger partial charge in [0.25, 0.3) is 5.56 Å². The molecule has 0 aliphatic heterocycles. The van der Waals surface area contributed by atoms with Gasteiger partial charge in [-0.25, -0.2) is 4.79 Å². The summed E-state index contributed by atoms with van der Waals surface area (Å²) in [7, 11) is 0. The third kappa shape index (κ3) is 2.51. The van der Waals surface area contributed by atoms with E-state index in [0.717, 1.165) is 0 Å². The van der Waals surface area contributed by atoms with Gasteiger partial charge >= 0.3 is 5.69 Å². The van der Waals surface area contributed by atoms with Crippen LogP contribution in [-0.2, 0) is 0 Å². The van der Waals surface area contributed by atoms with Crippen molar-refractivity contribution >= 4 is 17.7 Å². The second-order valence-electron chi connectivity index (χ2n) is 4.64. The first-order valence-electron chi connectivity index (χ1n) is 5.96. The molecule has 1 heterocycles. The average molecular weight is 287 g/mol. The topological polar surface area (TPSA) is 95.3 Å². The van der Waals surface area contributed by atoms with E-state index in [4.69, 9.17) is 16.7 Å². The van der Waals surface area contributed by atoms with Crippen LogP contribution < -0.4 is 11.2 Å². The van der Waals surface area contributed by atoms with Crippen LogP contribution in [0.15, 0.2) is 21.3 Å². The van der Waals surface area contributed by atoms with Crippen LogP contribution in [0.25, 0.3) is 6.08 Å². The zero-order chi connectivity index (χ0) is 14.0. The Morgan fingerprint density at radius 2 is 2.16 bits per heavy atom. The Morgan fingerprint density at radius 3 is 2.74 bits per heavy atom. The van der Waals surface area contributed by atoms with Crippen molar-refractivity contribution in [2.24, 2.45) is 11.8 Å². The molecule has 0 radical (unpaired) electrons. The lowest BCUT2D eigenvalue weighted by atomic mass is 9.70. The fourth-order valence-corrected chi connectivity index (χ4v) is 2.65. The fraction of sp³-hybridized carbons (Fsp3) is 0.500. The van der Waals surface area contributed by atoms with Crippen LogP contribution in [0, 0.1) is 11.8 Å². The number of hydrogen-bond acceptors (Lipinski definition) is 4. The molecule has 1 aromatic rings. The molecule has 6 nitrogen and oxygen atoms in total. The lowest BCUT2D eigenvalue weighted by Crippen LogP contribution is -2.47. The lowest BCUT2D eigenvalue weighted by molar-refractivity contribution is -0.00876. The highest BCUT2D eigenvalue weighted by Crippen LogP contribution is 2.42. The highest BCUT2D eigenvalue weighted by Gasteiger charge is 2.41. The minimum atomic E-state index is -0.517. The van der Waals surface area contributed by atoms with Crippen molar-refractivity contribution in [2.45, 2.75) is 12.5 Å². The van der Waals surface area contributed by atoms with Crippen LogP contribution in [0.3, 0.4) is 0 Å². The van der Waals surface area contributed by atoms with Crippen LogP contribution in [0.5, 0.6) is 0 Å². The molecular weight excluding hydrogens is 272 g/mol. The number of nitrogens with one attached hydrogen (secondary N) is 1. The molecule has 0 saturated heterocycles. The summed E-state index contributed by atoms with van der Waals surface area (Å²) in [6, 6.07) is -0.214. The number of aliphatic hydroxyl groups excluding tert-OH is 2. The van der Waals surface area contributed by atoms with E-state index in [1.165, 1.54) is 22.4 Å². The Kier molecular flexibility index (Phi) is 4.24. The fourth-order valence-electron chi connectivity index (χ4n) is 2.51. The van der Waals surface area contributed by atoms with Gasteiger partial charge in [-0.15, -0.1) is 0 Å². The Morgan fingerprint density at radius 1 is 1.42 bits per heavy atom. The van der Waals surface area contributed by atoms with Crippen LogP contribution in [-0.4, -0.2) is 33.0 Å². The molecule has 1 aliphatic carbocycles. The molecule has 1 aliphatic rings. The molecule has 7 heteroatoms. The number of halogens is 1. The normalized spacial score (nSPS) is 26.6. The van der Waals surface area contributed by atoms with Gasteiger partial charge in [-0.2, -0.15) is 0 Å². The summed E-state index contributed by atoms with van der Waals surface area (Å²) in [6.07, 6.45) is 3.42. The molecule has 1 saturated carbocycles. The molecule has 1 aromatic heterocycles. The van der Waals surface area contributed by atoms with Gasteiger partial charge in [0.15, 0.2) is 0 Å². The van der Waals surface area contributed by atoms with E-state index < -0.39 is 11.2 Å². The van der Waals surface area contributed by atoms with E-state index in [9.17, 15) is 14.7 Å². The number of rotatable bonds is 4. The zero-order valence-corrected chi connectivity index (χ0v) is 10.9. The average Bonchev–Trinajstić information content (AvgIpc) is 2.34. The standard InChI is InChI=1S/C12H15ClN2O4/c13-2-1-7-4-15(12(19)14-11(7)18)10-3-8(5-16)9(10)6-17/h1-2,4,8-10,16-17H,3,5-6H2,(H,14,18,19)/b2-1+/t8-,9?,10-/m1/s1. The van der Waals surface area contributed by atoms with Crippen molar-refractivity contribution < 1.29 is 10.2 Å². The quantitative estimate of drug-likeness (QED) is 0.721. The maximum Gasteiger partial charge on any atom is 0.328 e. The molecule has 3 atom stereocenters. The predicted octanol–water partition coefficient (Wildman–Crippen LogP) is -0.0921. The van der Waals surface area contributed by atoms with Crippen molar-refractivity contribution in [3.8, 4) is 0 Å². The minimum Gasteiger partial charge on any atom is -0.396 e. The minimum absolute atomic E-state index is 0.0131. The van der Waals surface area contributed by atoms with Crippen molar-refractivity contribution in [2.75, 3.05) is 13.2 Å². The Labute approximate surface area is 114 Å². The summed E-state index contributed by atoms with van der Waals surface area (Å²) in [5.41, 5.74) is 0.451. The maximum absolute atomic E-state index is 11.8. The van der Waals surface area contributed by atoms with Crippen LogP contribution in [0.2, 0.25) is 0 Å². The Hall–Kier alpha value is -1.37. The first kappa shape index (κ1) is 14.0. The molecule has 0 aromatic carbocycles. The van der Waals surface area contributed by atoms with Crippen LogP contribution in [0.1, 0.15) is 18.0 Å². The molecule has 104 valence electrons. The zero-order valence-electron chi connectivity index (χ0n) is 10.1. The van der Waals surface area contributed by atoms with Gasteiger partial charge in [-0.05, 0) is 18.4 Å². The molecule has 0 bridgehead atoms. The number of aromatic amines is 1. The van der Waals surface area contributed by atoms with Gasteiger partial charge < -0.3 is 10.2 Å². The Balaban J connectivity index is 2.38. The second kappa shape index (κ2) is 5.73. The van der Waals surface area contributed by atoms with Crippen molar-refractivity contribution in [3.63, 3.8) is 0 Å². The molecular formula is C12H15ClN2O4. The SMILES string of the molecule is O=c1[nH]c(=O)n([C@@H]2C[C@H](CO)C2CO)cc1/C=C/Cl. The highest BCUT2D eigenvalue weighted by atomic mass is 35.5. The van der Waals surface area contributed by atoms with E-state index in [-0.39, 0.29) is 36.7 Å². The van der Waals surface area contributed by atoms with E-state index in [2.05, 4.69) is 4.98 Å².